The predicted octanol–water partition coefficient (Wildman–Crippen LogP) is 2.31. The lowest BCUT2D eigenvalue weighted by atomic mass is 10.1. The summed E-state index contributed by atoms with van der Waals surface area (Å²) >= 11 is 0. The van der Waals surface area contributed by atoms with E-state index in [0.717, 1.165) is 24.9 Å². The maximum absolute atomic E-state index is 12.9. The summed E-state index contributed by atoms with van der Waals surface area (Å²) in [5, 5.41) is 5.91. The van der Waals surface area contributed by atoms with Crippen LogP contribution in [0, 0.1) is 0 Å². The molecule has 1 fully saturated rings. The van der Waals surface area contributed by atoms with Crippen LogP contribution in [0.2, 0.25) is 0 Å². The highest BCUT2D eigenvalue weighted by Crippen LogP contribution is 2.19. The fraction of sp³-hybridized carbons (Fsp3) is 0.280. The van der Waals surface area contributed by atoms with Crippen molar-refractivity contribution >= 4 is 17.5 Å². The zero-order valence-electron chi connectivity index (χ0n) is 17.8. The Morgan fingerprint density at radius 3 is 2.58 bits per heavy atom. The van der Waals surface area contributed by atoms with Gasteiger partial charge in [-0.2, -0.15) is 0 Å². The number of quaternary nitrogens is 1. The Hall–Kier alpha value is -3.38. The van der Waals surface area contributed by atoms with E-state index in [1.807, 2.05) is 42.5 Å². The van der Waals surface area contributed by atoms with Gasteiger partial charge in [0.1, 0.15) is 6.04 Å². The van der Waals surface area contributed by atoms with Crippen LogP contribution >= 0.6 is 0 Å². The highest BCUT2D eigenvalue weighted by Gasteiger charge is 2.33. The zero-order chi connectivity index (χ0) is 21.6. The van der Waals surface area contributed by atoms with Gasteiger partial charge in [-0.1, -0.05) is 42.5 Å². The molecule has 160 valence electrons. The minimum absolute atomic E-state index is 0.0700. The van der Waals surface area contributed by atoms with Crippen LogP contribution in [0.25, 0.3) is 0 Å². The number of anilines is 1. The molecule has 0 saturated carbocycles. The van der Waals surface area contributed by atoms with Crippen LogP contribution in [0.4, 0.5) is 5.69 Å². The number of amides is 2. The van der Waals surface area contributed by atoms with Crippen molar-refractivity contribution < 1.29 is 14.5 Å². The van der Waals surface area contributed by atoms with E-state index in [1.165, 1.54) is 10.6 Å². The highest BCUT2D eigenvalue weighted by molar-refractivity contribution is 6.03. The number of carbonyl (C=O) groups excluding carboxylic acids is 2. The van der Waals surface area contributed by atoms with E-state index in [1.54, 1.807) is 12.1 Å². The third-order valence-corrected chi connectivity index (χ3v) is 5.95. The van der Waals surface area contributed by atoms with E-state index in [0.29, 0.717) is 30.4 Å². The molecule has 2 heterocycles. The second-order valence-electron chi connectivity index (χ2n) is 8.09. The molecule has 6 heteroatoms. The Morgan fingerprint density at radius 1 is 1.03 bits per heavy atom. The van der Waals surface area contributed by atoms with Gasteiger partial charge in [0.2, 0.25) is 0 Å². The second-order valence-corrected chi connectivity index (χ2v) is 8.09. The molecule has 2 aromatic carbocycles. The maximum atomic E-state index is 12.9. The number of likely N-dealkylation sites (tertiary alicyclic amines) is 1. The average Bonchev–Trinajstić information content (AvgIpc) is 3.41. The van der Waals surface area contributed by atoms with Crippen molar-refractivity contribution in [2.24, 2.45) is 7.05 Å². The van der Waals surface area contributed by atoms with Crippen LogP contribution in [-0.4, -0.2) is 29.5 Å². The molecule has 0 radical (unpaired) electrons. The first-order valence-corrected chi connectivity index (χ1v) is 10.8. The molecule has 1 aliphatic rings. The monoisotopic (exact) mass is 417 g/mol. The van der Waals surface area contributed by atoms with Gasteiger partial charge >= 0.3 is 0 Å². The zero-order valence-corrected chi connectivity index (χ0v) is 17.8. The van der Waals surface area contributed by atoms with Crippen LogP contribution in [-0.2, 0) is 18.4 Å². The third-order valence-electron chi connectivity index (χ3n) is 5.95. The van der Waals surface area contributed by atoms with E-state index >= 15 is 0 Å². The smallest absolute Gasteiger partial charge is 0.279 e. The minimum Gasteiger partial charge on any atom is -0.350 e. The predicted molar refractivity (Wildman–Crippen MR) is 121 cm³/mol. The quantitative estimate of drug-likeness (QED) is 0.552. The summed E-state index contributed by atoms with van der Waals surface area (Å²) in [6.45, 7) is 1.80. The van der Waals surface area contributed by atoms with E-state index in [-0.39, 0.29) is 11.8 Å². The van der Waals surface area contributed by atoms with Crippen molar-refractivity contribution in [3.8, 4) is 0 Å². The number of para-hydroxylation sites is 1. The first kappa shape index (κ1) is 20.9. The number of benzene rings is 2. The van der Waals surface area contributed by atoms with Crippen LogP contribution in [0.1, 0.15) is 40.5 Å². The number of aromatic nitrogens is 1. The molecule has 1 saturated heterocycles. The van der Waals surface area contributed by atoms with Crippen molar-refractivity contribution in [1.29, 1.82) is 0 Å². The lowest BCUT2D eigenvalue weighted by Gasteiger charge is -2.22. The molecule has 0 bridgehead atoms. The SMILES string of the molecule is Cn1cccc1[C@H]1CCC[NH+]1CC(=O)Nc1ccccc1C(=O)NCc1ccccc1. The fourth-order valence-corrected chi connectivity index (χ4v) is 4.38. The fourth-order valence-electron chi connectivity index (χ4n) is 4.38. The molecule has 0 aliphatic carbocycles. The molecule has 0 spiro atoms. The van der Waals surface area contributed by atoms with E-state index in [2.05, 4.69) is 40.6 Å². The van der Waals surface area contributed by atoms with Gasteiger partial charge in [0, 0.05) is 32.6 Å². The van der Waals surface area contributed by atoms with Crippen LogP contribution in [0.5, 0.6) is 0 Å². The third kappa shape index (κ3) is 5.03. The molecule has 3 N–H and O–H groups in total. The first-order valence-electron chi connectivity index (χ1n) is 10.8. The molecule has 4 rings (SSSR count). The van der Waals surface area contributed by atoms with Gasteiger partial charge in [-0.3, -0.25) is 9.59 Å². The van der Waals surface area contributed by atoms with E-state index in [9.17, 15) is 9.59 Å². The first-order chi connectivity index (χ1) is 15.1. The summed E-state index contributed by atoms with van der Waals surface area (Å²) in [5.41, 5.74) is 3.32. The highest BCUT2D eigenvalue weighted by atomic mass is 16.2. The lowest BCUT2D eigenvalue weighted by molar-refractivity contribution is -0.910. The number of hydrogen-bond acceptors (Lipinski definition) is 2. The van der Waals surface area contributed by atoms with Gasteiger partial charge in [-0.15, -0.1) is 0 Å². The number of aryl methyl sites for hydroxylation is 1. The second kappa shape index (κ2) is 9.62. The standard InChI is InChI=1S/C25H28N4O2/c1-28-15-7-13-22(28)23-14-8-16-29(23)18-24(30)27-21-12-6-5-11-20(21)25(31)26-17-19-9-3-2-4-10-19/h2-7,9-13,15,23H,8,14,16-18H2,1H3,(H,26,31)(H,27,30)/p+1/t23-/m1/s1. The Kier molecular flexibility index (Phi) is 6.48. The summed E-state index contributed by atoms with van der Waals surface area (Å²) in [7, 11) is 2.05. The largest absolute Gasteiger partial charge is 0.350 e. The van der Waals surface area contributed by atoms with Crippen molar-refractivity contribution in [3.05, 3.63) is 89.7 Å². The number of hydrogen-bond donors (Lipinski definition) is 3. The van der Waals surface area contributed by atoms with Crippen LogP contribution in [0.3, 0.4) is 0 Å². The Morgan fingerprint density at radius 2 is 1.81 bits per heavy atom. The van der Waals surface area contributed by atoms with Crippen LogP contribution in [0.15, 0.2) is 72.9 Å². The van der Waals surface area contributed by atoms with E-state index < -0.39 is 0 Å². The van der Waals surface area contributed by atoms with Crippen molar-refractivity contribution in [3.63, 3.8) is 0 Å². The Balaban J connectivity index is 1.39. The van der Waals surface area contributed by atoms with Gasteiger partial charge in [-0.25, -0.2) is 0 Å². The topological polar surface area (TPSA) is 67.6 Å². The molecule has 1 aliphatic heterocycles. The minimum atomic E-state index is -0.199. The molecular weight excluding hydrogens is 388 g/mol. The summed E-state index contributed by atoms with van der Waals surface area (Å²) in [4.78, 5) is 26.9. The van der Waals surface area contributed by atoms with Gasteiger partial charge < -0.3 is 20.1 Å². The number of rotatable bonds is 7. The molecule has 6 nitrogen and oxygen atoms in total. The summed E-state index contributed by atoms with van der Waals surface area (Å²) in [6, 6.07) is 21.5. The van der Waals surface area contributed by atoms with Crippen molar-refractivity contribution in [2.75, 3.05) is 18.4 Å². The van der Waals surface area contributed by atoms with Gasteiger partial charge in [0.05, 0.1) is 23.5 Å². The number of nitrogens with one attached hydrogen (secondary N) is 3. The number of carbonyl (C=O) groups is 2. The molecule has 3 aromatic rings. The molecule has 1 unspecified atom stereocenters. The molecule has 31 heavy (non-hydrogen) atoms. The normalized spacial score (nSPS) is 18.0. The van der Waals surface area contributed by atoms with Crippen molar-refractivity contribution in [2.45, 2.75) is 25.4 Å². The van der Waals surface area contributed by atoms with Gasteiger partial charge in [-0.05, 0) is 29.8 Å². The summed E-state index contributed by atoms with van der Waals surface area (Å²) in [5.74, 6) is -0.269. The number of nitrogens with zero attached hydrogens (tertiary/aromatic N) is 1. The molecule has 1 aromatic heterocycles. The Bertz CT molecular complexity index is 1040. The summed E-state index contributed by atoms with van der Waals surface area (Å²) in [6.07, 6.45) is 4.24. The van der Waals surface area contributed by atoms with Gasteiger partial charge in [0.25, 0.3) is 11.8 Å². The van der Waals surface area contributed by atoms with Crippen molar-refractivity contribution in [1.82, 2.24) is 9.88 Å². The Labute approximate surface area is 182 Å². The van der Waals surface area contributed by atoms with Gasteiger partial charge in [0.15, 0.2) is 6.54 Å². The molecule has 2 amide bonds. The average molecular weight is 418 g/mol. The summed E-state index contributed by atoms with van der Waals surface area (Å²) < 4.78 is 2.14. The van der Waals surface area contributed by atoms with Crippen LogP contribution < -0.4 is 15.5 Å². The van der Waals surface area contributed by atoms with E-state index in [4.69, 9.17) is 0 Å². The molecular formula is C25H29N4O2+. The maximum Gasteiger partial charge on any atom is 0.279 e. The molecule has 2 atom stereocenters. The lowest BCUT2D eigenvalue weighted by Crippen LogP contribution is -3.11.